The van der Waals surface area contributed by atoms with E-state index in [9.17, 15) is 9.59 Å². The van der Waals surface area contributed by atoms with Gasteiger partial charge in [0.05, 0.1) is 31.2 Å². The summed E-state index contributed by atoms with van der Waals surface area (Å²) in [5.74, 6) is 0.315. The molecule has 0 saturated heterocycles. The van der Waals surface area contributed by atoms with Crippen molar-refractivity contribution in [1.29, 1.82) is 0 Å². The van der Waals surface area contributed by atoms with E-state index in [1.807, 2.05) is 12.1 Å². The fraction of sp³-hybridized carbons (Fsp3) is 0.273. The molecule has 0 bridgehead atoms. The van der Waals surface area contributed by atoms with Crippen LogP contribution in [0.15, 0.2) is 47.4 Å². The minimum Gasteiger partial charge on any atom is -0.493 e. The number of pyridine rings is 1. The number of nitrogens with one attached hydrogen (secondary N) is 1. The summed E-state index contributed by atoms with van der Waals surface area (Å²) in [6, 6.07) is 11.4. The van der Waals surface area contributed by atoms with Gasteiger partial charge in [-0.1, -0.05) is 24.3 Å². The second kappa shape index (κ2) is 8.61. The predicted octanol–water partition coefficient (Wildman–Crippen LogP) is 3.64. The topological polar surface area (TPSA) is 77.6 Å². The van der Waals surface area contributed by atoms with Crippen LogP contribution in [-0.2, 0) is 11.2 Å². The van der Waals surface area contributed by atoms with Crippen LogP contribution in [0.3, 0.4) is 0 Å². The van der Waals surface area contributed by atoms with Crippen LogP contribution in [0.5, 0.6) is 11.5 Å². The summed E-state index contributed by atoms with van der Waals surface area (Å²) >= 11 is 0. The van der Waals surface area contributed by atoms with Gasteiger partial charge in [-0.15, -0.1) is 0 Å². The van der Waals surface area contributed by atoms with E-state index in [0.29, 0.717) is 29.0 Å². The number of hydrogen-bond acceptors (Lipinski definition) is 5. The van der Waals surface area contributed by atoms with Crippen molar-refractivity contribution in [2.45, 2.75) is 20.3 Å². The number of aromatic nitrogens is 1. The van der Waals surface area contributed by atoms with E-state index in [2.05, 4.69) is 24.0 Å². The van der Waals surface area contributed by atoms with Gasteiger partial charge in [0.1, 0.15) is 5.56 Å². The quantitative estimate of drug-likeness (QED) is 0.632. The lowest BCUT2D eigenvalue weighted by atomic mass is 10.1. The fourth-order valence-electron chi connectivity index (χ4n) is 3.02. The van der Waals surface area contributed by atoms with Crippen molar-refractivity contribution < 1.29 is 19.0 Å². The van der Waals surface area contributed by atoms with Gasteiger partial charge in [-0.05, 0) is 31.0 Å². The van der Waals surface area contributed by atoms with E-state index in [1.54, 1.807) is 26.2 Å². The molecule has 0 atom stereocenters. The number of H-pyrrole nitrogens is 1. The Morgan fingerprint density at radius 3 is 2.64 bits per heavy atom. The van der Waals surface area contributed by atoms with Gasteiger partial charge in [-0.3, -0.25) is 4.79 Å². The Morgan fingerprint density at radius 1 is 1.14 bits per heavy atom. The molecule has 3 rings (SSSR count). The number of ether oxygens (including phenoxy) is 3. The number of rotatable bonds is 7. The number of esters is 1. The molecule has 0 aliphatic heterocycles. The molecule has 3 aromatic rings. The average molecular weight is 381 g/mol. The number of aryl methyl sites for hydroxylation is 1. The highest BCUT2D eigenvalue weighted by Crippen LogP contribution is 2.30. The van der Waals surface area contributed by atoms with Gasteiger partial charge >= 0.3 is 5.97 Å². The maximum Gasteiger partial charge on any atom is 0.343 e. The molecule has 0 spiro atoms. The Kier molecular flexibility index (Phi) is 5.99. The minimum absolute atomic E-state index is 0.0367. The Bertz CT molecular complexity index is 1050. The van der Waals surface area contributed by atoms with E-state index < -0.39 is 11.4 Å². The summed E-state index contributed by atoms with van der Waals surface area (Å²) in [4.78, 5) is 27.7. The first kappa shape index (κ1) is 19.5. The summed E-state index contributed by atoms with van der Waals surface area (Å²) in [5.41, 5.74) is 2.52. The van der Waals surface area contributed by atoms with E-state index in [-0.39, 0.29) is 12.2 Å². The Hall–Kier alpha value is -3.28. The first-order valence-corrected chi connectivity index (χ1v) is 9.13. The molecule has 0 aliphatic carbocycles. The first-order chi connectivity index (χ1) is 13.5. The largest absolute Gasteiger partial charge is 0.493 e. The molecule has 0 radical (unpaired) electrons. The van der Waals surface area contributed by atoms with Gasteiger partial charge in [0.2, 0.25) is 5.43 Å². The monoisotopic (exact) mass is 381 g/mol. The van der Waals surface area contributed by atoms with Gasteiger partial charge < -0.3 is 19.2 Å². The summed E-state index contributed by atoms with van der Waals surface area (Å²) in [5, 5.41) is 0.345. The highest BCUT2D eigenvalue weighted by molar-refractivity contribution is 5.94. The van der Waals surface area contributed by atoms with Crippen LogP contribution in [0.1, 0.15) is 28.4 Å². The Morgan fingerprint density at radius 2 is 1.93 bits per heavy atom. The van der Waals surface area contributed by atoms with Gasteiger partial charge in [0, 0.05) is 18.7 Å². The molecule has 2 aromatic carbocycles. The van der Waals surface area contributed by atoms with Crippen molar-refractivity contribution in [2.75, 3.05) is 20.3 Å². The molecule has 1 aromatic heterocycles. The number of benzene rings is 2. The second-order valence-electron chi connectivity index (χ2n) is 6.33. The number of carbonyl (C=O) groups is 1. The van der Waals surface area contributed by atoms with Gasteiger partial charge in [0.15, 0.2) is 11.5 Å². The lowest BCUT2D eigenvalue weighted by molar-refractivity contribution is 0.0524. The maximum atomic E-state index is 12.7. The summed E-state index contributed by atoms with van der Waals surface area (Å²) in [6.45, 7) is 4.38. The van der Waals surface area contributed by atoms with E-state index in [1.165, 1.54) is 17.3 Å². The van der Waals surface area contributed by atoms with E-state index in [4.69, 9.17) is 14.2 Å². The van der Waals surface area contributed by atoms with Crippen molar-refractivity contribution in [3.05, 3.63) is 69.5 Å². The van der Waals surface area contributed by atoms with Crippen LogP contribution in [0.2, 0.25) is 0 Å². The summed E-state index contributed by atoms with van der Waals surface area (Å²) in [6.07, 6.45) is 2.09. The molecule has 0 unspecified atom stereocenters. The number of hydrogen-bond donors (Lipinski definition) is 1. The molecule has 28 heavy (non-hydrogen) atoms. The summed E-state index contributed by atoms with van der Waals surface area (Å²) < 4.78 is 16.2. The number of carbonyl (C=O) groups excluding carboxylic acids is 1. The van der Waals surface area contributed by atoms with Gasteiger partial charge in [0.25, 0.3) is 0 Å². The van der Waals surface area contributed by atoms with Crippen LogP contribution in [-0.4, -0.2) is 31.3 Å². The Labute approximate surface area is 163 Å². The van der Waals surface area contributed by atoms with Crippen LogP contribution in [0, 0.1) is 6.92 Å². The molecular formula is C22H23NO5. The predicted molar refractivity (Wildman–Crippen MR) is 107 cm³/mol. The maximum absolute atomic E-state index is 12.7. The lowest BCUT2D eigenvalue weighted by Gasteiger charge is -2.13. The van der Waals surface area contributed by atoms with Gasteiger partial charge in [-0.25, -0.2) is 4.79 Å². The zero-order valence-electron chi connectivity index (χ0n) is 16.2. The van der Waals surface area contributed by atoms with E-state index in [0.717, 1.165) is 6.42 Å². The SMILES string of the molecule is CCOC(=O)c1c[nH]c2cc(OC)c(OCCc3ccccc3C)cc2c1=O. The molecule has 0 amide bonds. The molecule has 0 saturated carbocycles. The fourth-order valence-corrected chi connectivity index (χ4v) is 3.02. The van der Waals surface area contributed by atoms with Crippen LogP contribution >= 0.6 is 0 Å². The number of aromatic amines is 1. The molecule has 6 heteroatoms. The first-order valence-electron chi connectivity index (χ1n) is 9.13. The number of fused-ring (bicyclic) bond motifs is 1. The normalized spacial score (nSPS) is 10.7. The van der Waals surface area contributed by atoms with Crippen molar-refractivity contribution in [1.82, 2.24) is 4.98 Å². The van der Waals surface area contributed by atoms with Crippen molar-refractivity contribution in [3.63, 3.8) is 0 Å². The van der Waals surface area contributed by atoms with Crippen molar-refractivity contribution >= 4 is 16.9 Å². The molecule has 1 heterocycles. The number of methoxy groups -OCH3 is 1. The lowest BCUT2D eigenvalue weighted by Crippen LogP contribution is -2.18. The zero-order valence-corrected chi connectivity index (χ0v) is 16.2. The molecule has 0 fully saturated rings. The van der Waals surface area contributed by atoms with Crippen LogP contribution < -0.4 is 14.9 Å². The molecule has 0 aliphatic rings. The third-order valence-electron chi connectivity index (χ3n) is 4.55. The average Bonchev–Trinajstić information content (AvgIpc) is 2.69. The Balaban J connectivity index is 1.90. The molecule has 1 N–H and O–H groups in total. The summed E-state index contributed by atoms with van der Waals surface area (Å²) in [7, 11) is 1.54. The molecule has 6 nitrogen and oxygen atoms in total. The second-order valence-corrected chi connectivity index (χ2v) is 6.33. The highest BCUT2D eigenvalue weighted by Gasteiger charge is 2.16. The van der Waals surface area contributed by atoms with Crippen molar-refractivity contribution in [2.24, 2.45) is 0 Å². The van der Waals surface area contributed by atoms with Crippen molar-refractivity contribution in [3.8, 4) is 11.5 Å². The van der Waals surface area contributed by atoms with Crippen LogP contribution in [0.25, 0.3) is 10.9 Å². The van der Waals surface area contributed by atoms with Crippen LogP contribution in [0.4, 0.5) is 0 Å². The zero-order chi connectivity index (χ0) is 20.1. The highest BCUT2D eigenvalue weighted by atomic mass is 16.5. The standard InChI is InChI=1S/C22H23NO5/c1-4-27-22(25)17-13-23-18-12-19(26-3)20(11-16(18)21(17)24)28-10-9-15-8-6-5-7-14(15)2/h5-8,11-13H,4,9-10H2,1-3H3,(H,23,24). The van der Waals surface area contributed by atoms with Gasteiger partial charge in [-0.2, -0.15) is 0 Å². The third-order valence-corrected chi connectivity index (χ3v) is 4.55. The third kappa shape index (κ3) is 4.01. The molecular weight excluding hydrogens is 358 g/mol. The smallest absolute Gasteiger partial charge is 0.343 e. The van der Waals surface area contributed by atoms with E-state index >= 15 is 0 Å². The minimum atomic E-state index is -0.650. The molecule has 146 valence electrons.